The van der Waals surface area contributed by atoms with Crippen LogP contribution in [0.1, 0.15) is 52.2 Å². The number of amides is 3. The van der Waals surface area contributed by atoms with E-state index in [1.807, 2.05) is 7.05 Å². The van der Waals surface area contributed by atoms with Crippen molar-refractivity contribution in [2.45, 2.75) is 32.6 Å². The molecule has 1 saturated heterocycles. The first kappa shape index (κ1) is 23.0. The van der Waals surface area contributed by atoms with Gasteiger partial charge in [0.15, 0.2) is 11.5 Å². The van der Waals surface area contributed by atoms with Gasteiger partial charge < -0.3 is 24.6 Å². The maximum atomic E-state index is 12.9. The fourth-order valence-corrected chi connectivity index (χ4v) is 4.55. The molecule has 1 fully saturated rings. The molecule has 3 heterocycles. The number of aromatic nitrogens is 2. The number of unbranched alkanes of at least 4 members (excludes halogenated alkanes) is 1. The molecule has 11 heteroatoms. The molecule has 33 heavy (non-hydrogen) atoms. The Morgan fingerprint density at radius 2 is 1.88 bits per heavy atom. The Kier molecular flexibility index (Phi) is 7.07. The standard InChI is InChI=1S/C22H27N5O5S/c1-3-4-9-26(2)21(29)14-7-10-27(11-8-14)22(30)20-25-24-19(33-20)18(28)23-15-5-6-16-17(12-15)32-13-31-16/h5-6,12,14H,3-4,7-11,13H2,1-2H3,(H,23,28). The number of ether oxygens (including phenoxy) is 2. The van der Waals surface area contributed by atoms with E-state index in [0.29, 0.717) is 43.1 Å². The van der Waals surface area contributed by atoms with Crippen LogP contribution in [0, 0.1) is 5.92 Å². The lowest BCUT2D eigenvalue weighted by Crippen LogP contribution is -2.43. The van der Waals surface area contributed by atoms with E-state index in [1.54, 1.807) is 28.0 Å². The third-order valence-electron chi connectivity index (χ3n) is 5.79. The van der Waals surface area contributed by atoms with Crippen LogP contribution in [0.25, 0.3) is 0 Å². The van der Waals surface area contributed by atoms with Crippen LogP contribution < -0.4 is 14.8 Å². The van der Waals surface area contributed by atoms with Gasteiger partial charge in [0.1, 0.15) is 0 Å². The number of hydrogen-bond donors (Lipinski definition) is 1. The first-order valence-corrected chi connectivity index (χ1v) is 11.9. The van der Waals surface area contributed by atoms with Crippen LogP contribution in [-0.4, -0.2) is 71.2 Å². The lowest BCUT2D eigenvalue weighted by molar-refractivity contribution is -0.135. The molecule has 0 saturated carbocycles. The van der Waals surface area contributed by atoms with Crippen LogP contribution in [0.5, 0.6) is 11.5 Å². The largest absolute Gasteiger partial charge is 0.454 e. The Bertz CT molecular complexity index is 1030. The highest BCUT2D eigenvalue weighted by molar-refractivity contribution is 7.15. The summed E-state index contributed by atoms with van der Waals surface area (Å²) in [4.78, 5) is 41.4. The van der Waals surface area contributed by atoms with Crippen LogP contribution in [-0.2, 0) is 4.79 Å². The second kappa shape index (κ2) is 10.2. The minimum absolute atomic E-state index is 0.0617. The van der Waals surface area contributed by atoms with E-state index in [9.17, 15) is 14.4 Å². The molecule has 2 aliphatic heterocycles. The van der Waals surface area contributed by atoms with Gasteiger partial charge >= 0.3 is 0 Å². The van der Waals surface area contributed by atoms with Gasteiger partial charge in [-0.15, -0.1) is 10.2 Å². The minimum Gasteiger partial charge on any atom is -0.454 e. The van der Waals surface area contributed by atoms with Gasteiger partial charge in [-0.1, -0.05) is 24.7 Å². The van der Waals surface area contributed by atoms with Gasteiger partial charge in [0.25, 0.3) is 11.8 Å². The third kappa shape index (κ3) is 5.24. The quantitative estimate of drug-likeness (QED) is 0.657. The summed E-state index contributed by atoms with van der Waals surface area (Å²) < 4.78 is 10.6. The molecule has 1 aromatic heterocycles. The molecule has 1 aromatic carbocycles. The Hall–Kier alpha value is -3.21. The summed E-state index contributed by atoms with van der Waals surface area (Å²) in [6.07, 6.45) is 3.28. The predicted octanol–water partition coefficient (Wildman–Crippen LogP) is 2.63. The summed E-state index contributed by atoms with van der Waals surface area (Å²) in [6.45, 7) is 3.97. The number of piperidine rings is 1. The number of hydrogen-bond acceptors (Lipinski definition) is 8. The van der Waals surface area contributed by atoms with Crippen molar-refractivity contribution >= 4 is 34.7 Å². The SMILES string of the molecule is CCCCN(C)C(=O)C1CCN(C(=O)c2nnc(C(=O)Nc3ccc4c(c3)OCO4)s2)CC1. The second-order valence-corrected chi connectivity index (χ2v) is 9.09. The molecule has 0 atom stereocenters. The number of anilines is 1. The van der Waals surface area contributed by atoms with E-state index in [2.05, 4.69) is 22.4 Å². The highest BCUT2D eigenvalue weighted by Crippen LogP contribution is 2.34. The van der Waals surface area contributed by atoms with Gasteiger partial charge in [0.2, 0.25) is 22.7 Å². The molecule has 2 aliphatic rings. The number of nitrogens with one attached hydrogen (secondary N) is 1. The first-order chi connectivity index (χ1) is 16.0. The molecule has 3 amide bonds. The Morgan fingerprint density at radius 3 is 2.64 bits per heavy atom. The molecule has 2 aromatic rings. The van der Waals surface area contributed by atoms with Crippen molar-refractivity contribution in [1.29, 1.82) is 0 Å². The van der Waals surface area contributed by atoms with Crippen LogP contribution in [0.3, 0.4) is 0 Å². The van der Waals surface area contributed by atoms with Gasteiger partial charge in [0.05, 0.1) is 0 Å². The average molecular weight is 474 g/mol. The molecule has 0 aliphatic carbocycles. The number of benzene rings is 1. The number of carbonyl (C=O) groups excluding carboxylic acids is 3. The third-order valence-corrected chi connectivity index (χ3v) is 6.70. The number of nitrogens with zero attached hydrogens (tertiary/aromatic N) is 4. The van der Waals surface area contributed by atoms with Crippen molar-refractivity contribution in [2.24, 2.45) is 5.92 Å². The summed E-state index contributed by atoms with van der Waals surface area (Å²) in [5.41, 5.74) is 0.531. The molecular formula is C22H27N5O5S. The predicted molar refractivity (Wildman–Crippen MR) is 122 cm³/mol. The van der Waals surface area contributed by atoms with Crippen molar-refractivity contribution in [3.63, 3.8) is 0 Å². The lowest BCUT2D eigenvalue weighted by atomic mass is 9.95. The van der Waals surface area contributed by atoms with Crippen molar-refractivity contribution in [1.82, 2.24) is 20.0 Å². The van der Waals surface area contributed by atoms with Crippen molar-refractivity contribution in [3.05, 3.63) is 28.2 Å². The maximum absolute atomic E-state index is 12.9. The highest BCUT2D eigenvalue weighted by Gasteiger charge is 2.31. The fourth-order valence-electron chi connectivity index (χ4n) is 3.84. The average Bonchev–Trinajstić information content (AvgIpc) is 3.51. The van der Waals surface area contributed by atoms with Crippen molar-refractivity contribution in [2.75, 3.05) is 38.8 Å². The zero-order chi connectivity index (χ0) is 23.4. The highest BCUT2D eigenvalue weighted by atomic mass is 32.1. The molecule has 4 rings (SSSR count). The number of rotatable bonds is 7. The topological polar surface area (TPSA) is 114 Å². The van der Waals surface area contributed by atoms with Gasteiger partial charge in [-0.3, -0.25) is 14.4 Å². The molecule has 1 N–H and O–H groups in total. The normalized spacial score (nSPS) is 15.4. The Balaban J connectivity index is 1.31. The van der Waals surface area contributed by atoms with Crippen LogP contribution in [0.15, 0.2) is 18.2 Å². The molecule has 0 spiro atoms. The minimum atomic E-state index is -0.454. The Labute approximate surface area is 195 Å². The number of carbonyl (C=O) groups is 3. The summed E-state index contributed by atoms with van der Waals surface area (Å²) >= 11 is 0.952. The van der Waals surface area contributed by atoms with Gasteiger partial charge in [-0.05, 0) is 31.4 Å². The summed E-state index contributed by atoms with van der Waals surface area (Å²) in [6, 6.07) is 5.07. The zero-order valence-corrected chi connectivity index (χ0v) is 19.5. The lowest BCUT2D eigenvalue weighted by Gasteiger charge is -2.32. The number of likely N-dealkylation sites (tertiary alicyclic amines) is 1. The molecule has 10 nitrogen and oxygen atoms in total. The zero-order valence-electron chi connectivity index (χ0n) is 18.7. The number of fused-ring (bicyclic) bond motifs is 1. The molecule has 176 valence electrons. The monoisotopic (exact) mass is 473 g/mol. The van der Waals surface area contributed by atoms with Crippen molar-refractivity contribution < 1.29 is 23.9 Å². The summed E-state index contributed by atoms with van der Waals surface area (Å²) in [5, 5.41) is 10.8. The summed E-state index contributed by atoms with van der Waals surface area (Å²) in [5.74, 6) is 0.543. The smallest absolute Gasteiger partial charge is 0.286 e. The van der Waals surface area contributed by atoms with Gasteiger partial charge in [-0.2, -0.15) is 0 Å². The fraction of sp³-hybridized carbons (Fsp3) is 0.500. The summed E-state index contributed by atoms with van der Waals surface area (Å²) in [7, 11) is 1.84. The van der Waals surface area contributed by atoms with E-state index < -0.39 is 5.91 Å². The van der Waals surface area contributed by atoms with E-state index in [4.69, 9.17) is 9.47 Å². The van der Waals surface area contributed by atoms with E-state index >= 15 is 0 Å². The second-order valence-electron chi connectivity index (χ2n) is 8.11. The van der Waals surface area contributed by atoms with Crippen LogP contribution in [0.2, 0.25) is 0 Å². The van der Waals surface area contributed by atoms with Crippen molar-refractivity contribution in [3.8, 4) is 11.5 Å². The molecule has 0 bridgehead atoms. The first-order valence-electron chi connectivity index (χ1n) is 11.0. The molecule has 0 unspecified atom stereocenters. The van der Waals surface area contributed by atoms with Gasteiger partial charge in [-0.25, -0.2) is 0 Å². The molecule has 0 radical (unpaired) electrons. The molecular weight excluding hydrogens is 446 g/mol. The van der Waals surface area contributed by atoms with Crippen LogP contribution >= 0.6 is 11.3 Å². The van der Waals surface area contributed by atoms with E-state index in [0.717, 1.165) is 30.7 Å². The Morgan fingerprint density at radius 1 is 1.15 bits per heavy atom. The van der Waals surface area contributed by atoms with Gasteiger partial charge in [0, 0.05) is 44.4 Å². The van der Waals surface area contributed by atoms with E-state index in [1.165, 1.54) is 0 Å². The maximum Gasteiger partial charge on any atom is 0.286 e. The van der Waals surface area contributed by atoms with E-state index in [-0.39, 0.29) is 34.5 Å². The van der Waals surface area contributed by atoms with Crippen LogP contribution in [0.4, 0.5) is 5.69 Å².